The molecule has 0 bridgehead atoms. The molecule has 1 fully saturated rings. The van der Waals surface area contributed by atoms with Gasteiger partial charge in [0, 0.05) is 115 Å². The van der Waals surface area contributed by atoms with E-state index in [-0.39, 0.29) is 84.8 Å². The first kappa shape index (κ1) is 106. The van der Waals surface area contributed by atoms with Gasteiger partial charge in [-0.15, -0.1) is 12.4 Å². The first-order chi connectivity index (χ1) is 59.9. The zero-order valence-corrected chi connectivity index (χ0v) is 78.4. The Labute approximate surface area is 754 Å². The minimum atomic E-state index is -0.740. The van der Waals surface area contributed by atoms with Gasteiger partial charge in [-0.1, -0.05) is 0 Å². The van der Waals surface area contributed by atoms with Gasteiger partial charge in [0.05, 0.1) is 70.9 Å². The average Bonchev–Trinajstić information content (AvgIpc) is 1.60. The smallest absolute Gasteiger partial charge is 0.410 e. The lowest BCUT2D eigenvalue weighted by Gasteiger charge is -2.36. The number of halogens is 5. The molecular formula is C89H122ClF4N19O16. The summed E-state index contributed by atoms with van der Waals surface area (Å²) in [6.45, 7) is 37.9. The fourth-order valence-electron chi connectivity index (χ4n) is 13.9. The van der Waals surface area contributed by atoms with Gasteiger partial charge in [0.1, 0.15) is 75.6 Å². The number of H-pyrrole nitrogens is 1. The molecule has 4 aliphatic heterocycles. The molecule has 1 saturated heterocycles. The van der Waals surface area contributed by atoms with E-state index < -0.39 is 77.3 Å². The molecule has 8 aromatic rings. The molecule has 1 unspecified atom stereocenters. The number of carbonyl (C=O) groups excluding carboxylic acids is 7. The molecule has 4 aromatic heterocycles. The number of amides is 6. The summed E-state index contributed by atoms with van der Waals surface area (Å²) in [7, 11) is 5.91. The number of likely N-dealkylation sites (tertiary alicyclic amines) is 1. The topological polar surface area (TPSA) is 422 Å². The standard InChI is InChI=1S/C24H34FN5O5.C22H26FN5O3.C19H25FN4O2.C12H18N2O3.C7H9FN2.C5H9NO3.ClH/c1-14-12-16(8-9-17(14)25)30-21(27-22(31)26-13-19(33-6)34-7)20-15(2)29(11-10-18(20)28-30)23(32)35-24(3,4)5;1-13-12-15(6-7-16(13)23)28-19(27-11-9-24-20(27)29)18-14(2)26(10-8-17(18)25-28)21(30)31-22(3,4)5;1-11-10-13(6-7-14(11)20)24-17(21)16-12(2)23(9-8-15(16)22-24)18(25)26-19(3,4)5;1-8-9(7-13)10(15)5-6-14(8)11(16)17-12(2,3)4;1-5-4-6(10-9)2-3-7(5)8;1-8-5(9-2)3-6-4-7;/h8-9,12,15,19H,10-11,13H2,1-7H3,(H2,26,27,31);6-7,9,11-12,14H,8,10H2,1-5H3,(H,24,29);6-7,10,12H,8-9,21H2,1-5H3;8-9H,5-6H2,1-4H3;2-4,10H,9H2,1H3;5H,3H2,1-2H3;1H/t15-;14-;12-;8-,9?;;;/m0000.../s1. The number of nitrogens with zero attached hydrogens (tertiary/aromatic N) is 13. The minimum Gasteiger partial charge on any atom is -0.444 e. The maximum atomic E-state index is 13.9. The Morgan fingerprint density at radius 1 is 0.550 bits per heavy atom. The third-order valence-corrected chi connectivity index (χ3v) is 20.4. The number of hydrazine groups is 1. The molecule has 5 atom stereocenters. The first-order valence-corrected chi connectivity index (χ1v) is 41.4. The average molecular weight is 1830 g/mol. The Bertz CT molecular complexity index is 5370. The van der Waals surface area contributed by atoms with Crippen LogP contribution in [-0.2, 0) is 66.7 Å². The molecule has 35 nitrogen and oxygen atoms in total. The van der Waals surface area contributed by atoms with Gasteiger partial charge in [-0.2, -0.15) is 20.6 Å². The number of carbonyl (C=O) groups is 6. The van der Waals surface area contributed by atoms with Crippen LogP contribution in [-0.4, -0.2) is 209 Å². The number of methoxy groups -OCH3 is 4. The van der Waals surface area contributed by atoms with Crippen molar-refractivity contribution in [2.45, 2.75) is 223 Å². The molecule has 8 heterocycles. The van der Waals surface area contributed by atoms with Crippen molar-refractivity contribution in [1.82, 2.24) is 63.8 Å². The maximum Gasteiger partial charge on any atom is 0.410 e. The van der Waals surface area contributed by atoms with Gasteiger partial charge in [0.15, 0.2) is 18.4 Å². The molecule has 704 valence electrons. The molecule has 4 aromatic carbocycles. The van der Waals surface area contributed by atoms with Crippen LogP contribution in [0.15, 0.2) is 95.0 Å². The molecule has 129 heavy (non-hydrogen) atoms. The number of rotatable bonds is 14. The highest BCUT2D eigenvalue weighted by Gasteiger charge is 2.42. The molecule has 12 rings (SSSR count). The van der Waals surface area contributed by atoms with Crippen LogP contribution in [0.3, 0.4) is 0 Å². The van der Waals surface area contributed by atoms with Gasteiger partial charge >= 0.3 is 36.1 Å². The van der Waals surface area contributed by atoms with Gasteiger partial charge in [0.25, 0.3) is 0 Å². The third kappa shape index (κ3) is 28.2. The molecule has 0 aliphatic carbocycles. The van der Waals surface area contributed by atoms with Crippen molar-refractivity contribution in [2.24, 2.45) is 16.8 Å². The summed E-state index contributed by atoms with van der Waals surface area (Å²) >= 11 is 0. The van der Waals surface area contributed by atoms with Crippen molar-refractivity contribution in [3.63, 3.8) is 0 Å². The molecule has 40 heteroatoms. The maximum absolute atomic E-state index is 13.9. The molecule has 8 N–H and O–H groups in total. The highest BCUT2D eigenvalue weighted by Crippen LogP contribution is 2.41. The number of fused-ring (bicyclic) bond motifs is 3. The van der Waals surface area contributed by atoms with Gasteiger partial charge in [-0.25, -0.2) is 70.2 Å². The number of nitriles is 1. The van der Waals surface area contributed by atoms with Crippen LogP contribution in [0, 0.1) is 68.2 Å². The van der Waals surface area contributed by atoms with E-state index in [0.29, 0.717) is 108 Å². The number of ether oxygens (including phenoxy) is 8. The summed E-state index contributed by atoms with van der Waals surface area (Å²) in [5.74, 6) is 4.50. The van der Waals surface area contributed by atoms with Crippen LogP contribution in [0.2, 0.25) is 0 Å². The van der Waals surface area contributed by atoms with Gasteiger partial charge in [-0.05, 0) is 234 Å². The summed E-state index contributed by atoms with van der Waals surface area (Å²) in [4.78, 5) is 109. The van der Waals surface area contributed by atoms with E-state index >= 15 is 0 Å². The van der Waals surface area contributed by atoms with Crippen molar-refractivity contribution < 1.29 is 89.0 Å². The number of aliphatic imine (C=N–C) groups is 1. The fraction of sp³-hybridized carbons (Fsp3) is 0.506. The lowest BCUT2D eigenvalue weighted by atomic mass is 9.90. The third-order valence-electron chi connectivity index (χ3n) is 20.4. The summed E-state index contributed by atoms with van der Waals surface area (Å²) in [5, 5.41) is 28.5. The number of benzene rings is 4. The SMILES string of the molecule is COC(CN=C=O)OC.COC(CNC(=O)Nc1c2c(nn1-c1ccc(F)c(C)c1)CCN(C(=O)OC(C)(C)C)[C@H]2C)OC.C[C@H]1C(C#N)C(=O)CCN1C(=O)OC(C)(C)C.Cc1cc(-n2nc3c(c2-n2cc[nH]c2=O)[C@H](C)N(C(=O)OC(C)(C)C)CC3)ccc1F.Cc1cc(-n2nc3c(c2N)[C@H](C)N(C(=O)OC(C)(C)C)CC3)ccc1F.Cc1cc(NN)ccc1F.Cl. The lowest BCUT2D eigenvalue weighted by molar-refractivity contribution is -0.125. The number of nitrogen functional groups attached to an aromatic ring is 2. The number of nitrogens with two attached hydrogens (primary N) is 2. The second kappa shape index (κ2) is 45.7. The molecule has 0 spiro atoms. The zero-order valence-electron chi connectivity index (χ0n) is 77.6. The molecule has 6 amide bonds. The van der Waals surface area contributed by atoms with E-state index in [2.05, 4.69) is 31.1 Å². The predicted molar refractivity (Wildman–Crippen MR) is 477 cm³/mol. The molecular weight excluding hydrogens is 1700 g/mol. The monoisotopic (exact) mass is 1820 g/mol. The number of piperidine rings is 1. The van der Waals surface area contributed by atoms with E-state index in [4.69, 9.17) is 64.9 Å². The molecule has 0 saturated carbocycles. The minimum absolute atomic E-state index is 0. The van der Waals surface area contributed by atoms with E-state index in [9.17, 15) is 55.9 Å². The van der Waals surface area contributed by atoms with E-state index in [1.807, 2.05) is 89.2 Å². The number of urea groups is 1. The Morgan fingerprint density at radius 3 is 1.33 bits per heavy atom. The number of aryl methyl sites for hydroxylation is 4. The number of ketones is 1. The van der Waals surface area contributed by atoms with Crippen molar-refractivity contribution in [1.29, 1.82) is 5.26 Å². The normalized spacial score (nSPS) is 16.4. The van der Waals surface area contributed by atoms with Crippen LogP contribution in [0.25, 0.3) is 22.9 Å². The quantitative estimate of drug-likeness (QED) is 0.0112. The number of hydrogen-bond acceptors (Lipinski definition) is 24. The highest BCUT2D eigenvalue weighted by atomic mass is 35.5. The first-order valence-electron chi connectivity index (χ1n) is 41.4. The van der Waals surface area contributed by atoms with Crippen LogP contribution in [0.1, 0.15) is 191 Å². The Morgan fingerprint density at radius 2 is 0.930 bits per heavy atom. The Balaban J connectivity index is 0.000000252. The number of anilines is 3. The van der Waals surface area contributed by atoms with Crippen molar-refractivity contribution in [2.75, 3.05) is 84.2 Å². The Kier molecular flexibility index (Phi) is 37.4. The second-order valence-corrected chi connectivity index (χ2v) is 34.5. The fourth-order valence-corrected chi connectivity index (χ4v) is 13.9. The van der Waals surface area contributed by atoms with Gasteiger partial charge in [-0.3, -0.25) is 20.5 Å². The molecule has 4 aliphatic rings. The number of isocyanates is 1. The summed E-state index contributed by atoms with van der Waals surface area (Å²) in [6.07, 6.45) is 3.63. The summed E-state index contributed by atoms with van der Waals surface area (Å²) < 4.78 is 102. The van der Waals surface area contributed by atoms with E-state index in [0.717, 1.165) is 33.9 Å². The van der Waals surface area contributed by atoms with E-state index in [1.54, 1.807) is 145 Å². The van der Waals surface area contributed by atoms with Crippen LogP contribution >= 0.6 is 12.4 Å². The van der Waals surface area contributed by atoms with E-state index in [1.165, 1.54) is 68.3 Å². The van der Waals surface area contributed by atoms with Crippen molar-refractivity contribution in [3.8, 4) is 28.9 Å². The second-order valence-electron chi connectivity index (χ2n) is 34.5. The van der Waals surface area contributed by atoms with Crippen molar-refractivity contribution in [3.05, 3.63) is 175 Å². The number of aromatic amines is 1. The largest absolute Gasteiger partial charge is 0.444 e. The number of hydrogen-bond donors (Lipinski definition) is 6. The Hall–Kier alpha value is -12.2. The number of aromatic nitrogens is 8. The van der Waals surface area contributed by atoms with Gasteiger partial charge in [0.2, 0.25) is 6.08 Å². The van der Waals surface area contributed by atoms with Gasteiger partial charge < -0.3 is 79.0 Å². The van der Waals surface area contributed by atoms with Crippen LogP contribution in [0.4, 0.5) is 58.9 Å². The number of nitrogens with one attached hydrogen (secondary N) is 4. The lowest BCUT2D eigenvalue weighted by Crippen LogP contribution is -2.51. The number of imidazole rings is 1. The summed E-state index contributed by atoms with van der Waals surface area (Å²) in [6, 6.07) is 18.6. The number of Topliss-reactive ketones (excluding diaryl/α,β-unsaturated/α-hetero) is 1. The predicted octanol–water partition coefficient (Wildman–Crippen LogP) is 14.8. The van der Waals surface area contributed by atoms with Crippen LogP contribution < -0.4 is 33.3 Å². The van der Waals surface area contributed by atoms with Crippen LogP contribution in [0.5, 0.6) is 0 Å². The van der Waals surface area contributed by atoms with Crippen molar-refractivity contribution >= 4 is 72.0 Å². The molecule has 0 radical (unpaired) electrons. The highest BCUT2D eigenvalue weighted by molar-refractivity contribution is 5.90. The zero-order chi connectivity index (χ0) is 95.5. The summed E-state index contributed by atoms with van der Waals surface area (Å²) in [5.41, 5.74) is 15.4.